The highest BCUT2D eigenvalue weighted by molar-refractivity contribution is 7.97. The van der Waals surface area contributed by atoms with Crippen LogP contribution in [0.15, 0.2) is 46.0 Å². The molecule has 0 radical (unpaired) electrons. The summed E-state index contributed by atoms with van der Waals surface area (Å²) in [4.78, 5) is 4.53. The maximum absolute atomic E-state index is 13.4. The predicted octanol–water partition coefficient (Wildman–Crippen LogP) is 3.07. The molecule has 1 aromatic carbocycles. The van der Waals surface area contributed by atoms with Gasteiger partial charge in [-0.3, -0.25) is 0 Å². The molecule has 136 valence electrons. The van der Waals surface area contributed by atoms with Crippen LogP contribution in [-0.2, 0) is 12.3 Å². The predicted molar refractivity (Wildman–Crippen MR) is 100 cm³/mol. The minimum atomic E-state index is -0.753. The number of aliphatic hydroxyl groups is 1. The molecular formula is C18H24FN3O2S. The normalized spacial score (nSPS) is 12.9. The van der Waals surface area contributed by atoms with Crippen LogP contribution in [0, 0.1) is 5.82 Å². The quantitative estimate of drug-likeness (QED) is 0.495. The molecule has 2 aromatic rings. The zero-order valence-electron chi connectivity index (χ0n) is 14.5. The van der Waals surface area contributed by atoms with Gasteiger partial charge < -0.3 is 20.2 Å². The summed E-state index contributed by atoms with van der Waals surface area (Å²) in [7, 11) is 0. The molecule has 1 atom stereocenters. The third kappa shape index (κ3) is 6.10. The van der Waals surface area contributed by atoms with E-state index in [-0.39, 0.29) is 12.4 Å². The third-order valence-corrected chi connectivity index (χ3v) is 4.15. The number of rotatable bonds is 8. The molecule has 0 saturated heterocycles. The molecular weight excluding hydrogens is 341 g/mol. The van der Waals surface area contributed by atoms with Crippen molar-refractivity contribution < 1.29 is 13.9 Å². The first kappa shape index (κ1) is 19.3. The fourth-order valence-electron chi connectivity index (χ4n) is 2.32. The van der Waals surface area contributed by atoms with Crippen LogP contribution in [0.25, 0.3) is 0 Å². The lowest BCUT2D eigenvalue weighted by molar-refractivity contribution is 0.153. The average molecular weight is 365 g/mol. The van der Waals surface area contributed by atoms with Crippen LogP contribution in [0.2, 0.25) is 0 Å². The summed E-state index contributed by atoms with van der Waals surface area (Å²) < 4.78 is 18.6. The Hall–Kier alpha value is -1.99. The monoisotopic (exact) mass is 365 g/mol. The molecule has 3 N–H and O–H groups in total. The van der Waals surface area contributed by atoms with Gasteiger partial charge in [0, 0.05) is 12.3 Å². The zero-order valence-corrected chi connectivity index (χ0v) is 15.3. The number of nitrogens with zero attached hydrogens (tertiary/aromatic N) is 1. The van der Waals surface area contributed by atoms with Gasteiger partial charge in [0.2, 0.25) is 0 Å². The first-order valence-corrected chi connectivity index (χ1v) is 9.53. The van der Waals surface area contributed by atoms with E-state index in [0.29, 0.717) is 24.8 Å². The molecule has 0 spiro atoms. The number of aliphatic imine (C=N–C) groups is 1. The van der Waals surface area contributed by atoms with Crippen LogP contribution in [0.3, 0.4) is 0 Å². The smallest absolute Gasteiger partial charge is 0.191 e. The number of guanidine groups is 1. The fraction of sp³-hybridized carbons (Fsp3) is 0.389. The van der Waals surface area contributed by atoms with E-state index in [1.807, 2.05) is 13.2 Å². The lowest BCUT2D eigenvalue weighted by Crippen LogP contribution is -2.39. The van der Waals surface area contributed by atoms with E-state index < -0.39 is 6.10 Å². The molecule has 25 heavy (non-hydrogen) atoms. The first-order chi connectivity index (χ1) is 12.1. The van der Waals surface area contributed by atoms with Crippen molar-refractivity contribution in [3.63, 3.8) is 0 Å². The summed E-state index contributed by atoms with van der Waals surface area (Å²) in [5, 5.41) is 16.3. The minimum Gasteiger partial charge on any atom is -0.467 e. The maximum Gasteiger partial charge on any atom is 0.191 e. The van der Waals surface area contributed by atoms with Gasteiger partial charge in [0.1, 0.15) is 17.7 Å². The van der Waals surface area contributed by atoms with Crippen LogP contribution in [0.1, 0.15) is 29.9 Å². The van der Waals surface area contributed by atoms with E-state index in [2.05, 4.69) is 15.6 Å². The molecule has 0 aliphatic heterocycles. The number of nitrogens with one attached hydrogen (secondary N) is 2. The van der Waals surface area contributed by atoms with Crippen molar-refractivity contribution in [2.75, 3.05) is 19.3 Å². The Morgan fingerprint density at radius 1 is 1.32 bits per heavy atom. The zero-order chi connectivity index (χ0) is 18.1. The Bertz CT molecular complexity index is 677. The molecule has 0 fully saturated rings. The summed E-state index contributed by atoms with van der Waals surface area (Å²) in [6.07, 6.45) is 2.76. The minimum absolute atomic E-state index is 0.233. The highest BCUT2D eigenvalue weighted by atomic mass is 32.2. The van der Waals surface area contributed by atoms with E-state index in [1.165, 1.54) is 12.3 Å². The molecule has 0 amide bonds. The van der Waals surface area contributed by atoms with Gasteiger partial charge >= 0.3 is 0 Å². The Morgan fingerprint density at radius 2 is 2.16 bits per heavy atom. The molecule has 0 saturated carbocycles. The van der Waals surface area contributed by atoms with E-state index in [9.17, 15) is 9.50 Å². The van der Waals surface area contributed by atoms with E-state index in [0.717, 1.165) is 16.9 Å². The fourth-order valence-corrected chi connectivity index (χ4v) is 2.90. The second kappa shape index (κ2) is 10.1. The molecule has 7 heteroatoms. The van der Waals surface area contributed by atoms with Crippen LogP contribution >= 0.6 is 11.8 Å². The molecule has 1 unspecified atom stereocenters. The Kier molecular flexibility index (Phi) is 7.81. The third-order valence-electron chi connectivity index (χ3n) is 3.55. The lowest BCUT2D eigenvalue weighted by Gasteiger charge is -2.14. The van der Waals surface area contributed by atoms with Crippen molar-refractivity contribution in [3.05, 3.63) is 59.3 Å². The van der Waals surface area contributed by atoms with Crippen LogP contribution in [0.5, 0.6) is 0 Å². The standard InChI is InChI=1S/C18H24FN3O2S/c1-3-20-18(22-11-16(23)17-5-4-8-24-17)21-10-13-6-7-15(19)9-14(13)12-25-2/h4-9,16,23H,3,10-12H2,1-2H3,(H2,20,21,22). The van der Waals surface area contributed by atoms with Gasteiger partial charge in [0.05, 0.1) is 19.4 Å². The second-order valence-corrected chi connectivity index (χ2v) is 6.32. The van der Waals surface area contributed by atoms with Crippen molar-refractivity contribution in [3.8, 4) is 0 Å². The Morgan fingerprint density at radius 3 is 2.84 bits per heavy atom. The lowest BCUT2D eigenvalue weighted by atomic mass is 10.1. The van der Waals surface area contributed by atoms with E-state index in [4.69, 9.17) is 4.42 Å². The maximum atomic E-state index is 13.4. The van der Waals surface area contributed by atoms with Crippen molar-refractivity contribution in [1.82, 2.24) is 10.6 Å². The topological polar surface area (TPSA) is 69.8 Å². The summed E-state index contributed by atoms with van der Waals surface area (Å²) in [6.45, 7) is 3.38. The largest absolute Gasteiger partial charge is 0.467 e. The molecule has 1 heterocycles. The number of thioether (sulfide) groups is 1. The Labute approximate surface area is 151 Å². The SMILES string of the molecule is CCNC(=NCc1ccc(F)cc1CSC)NCC(O)c1ccco1. The number of halogens is 1. The number of benzene rings is 1. The second-order valence-electron chi connectivity index (χ2n) is 5.45. The van der Waals surface area contributed by atoms with Gasteiger partial charge in [-0.1, -0.05) is 6.07 Å². The first-order valence-electron chi connectivity index (χ1n) is 8.14. The summed E-state index contributed by atoms with van der Waals surface area (Å²) in [5.74, 6) is 1.60. The van der Waals surface area contributed by atoms with Gasteiger partial charge in [-0.05, 0) is 48.6 Å². The molecule has 0 bridgehead atoms. The molecule has 2 rings (SSSR count). The van der Waals surface area contributed by atoms with Gasteiger partial charge in [-0.15, -0.1) is 0 Å². The van der Waals surface area contributed by atoms with Gasteiger partial charge in [0.15, 0.2) is 5.96 Å². The van der Waals surface area contributed by atoms with Crippen LogP contribution < -0.4 is 10.6 Å². The number of aliphatic hydroxyl groups excluding tert-OH is 1. The van der Waals surface area contributed by atoms with Crippen molar-refractivity contribution in [2.24, 2.45) is 4.99 Å². The van der Waals surface area contributed by atoms with Crippen molar-refractivity contribution in [1.29, 1.82) is 0 Å². The van der Waals surface area contributed by atoms with Gasteiger partial charge in [-0.2, -0.15) is 11.8 Å². The van der Waals surface area contributed by atoms with E-state index >= 15 is 0 Å². The van der Waals surface area contributed by atoms with E-state index in [1.54, 1.807) is 36.0 Å². The molecule has 5 nitrogen and oxygen atoms in total. The molecule has 0 aliphatic carbocycles. The van der Waals surface area contributed by atoms with Gasteiger partial charge in [-0.25, -0.2) is 9.38 Å². The van der Waals surface area contributed by atoms with Crippen molar-refractivity contribution in [2.45, 2.75) is 25.3 Å². The highest BCUT2D eigenvalue weighted by Crippen LogP contribution is 2.17. The van der Waals surface area contributed by atoms with Gasteiger partial charge in [0.25, 0.3) is 0 Å². The van der Waals surface area contributed by atoms with Crippen LogP contribution in [-0.4, -0.2) is 30.4 Å². The molecule has 0 aliphatic rings. The number of hydrogen-bond acceptors (Lipinski definition) is 4. The number of hydrogen-bond donors (Lipinski definition) is 3. The molecule has 1 aromatic heterocycles. The Balaban J connectivity index is 2.01. The summed E-state index contributed by atoms with van der Waals surface area (Å²) in [6, 6.07) is 8.24. The average Bonchev–Trinajstić information content (AvgIpc) is 3.13. The summed E-state index contributed by atoms with van der Waals surface area (Å²) in [5.41, 5.74) is 1.93. The highest BCUT2D eigenvalue weighted by Gasteiger charge is 2.11. The van der Waals surface area contributed by atoms with Crippen LogP contribution in [0.4, 0.5) is 4.39 Å². The number of furan rings is 1. The van der Waals surface area contributed by atoms with Crippen molar-refractivity contribution >= 4 is 17.7 Å². The summed E-state index contributed by atoms with van der Waals surface area (Å²) >= 11 is 1.64.